The first-order chi connectivity index (χ1) is 16.8. The van der Waals surface area contributed by atoms with Crippen molar-refractivity contribution in [2.24, 2.45) is 5.92 Å². The number of alkyl halides is 6. The van der Waals surface area contributed by atoms with E-state index in [-0.39, 0.29) is 44.5 Å². The van der Waals surface area contributed by atoms with Crippen molar-refractivity contribution in [2.75, 3.05) is 37.6 Å². The third kappa shape index (κ3) is 6.43. The lowest BCUT2D eigenvalue weighted by atomic mass is 10.1. The number of rotatable bonds is 6. The molecule has 1 fully saturated rings. The second kappa shape index (κ2) is 10.7. The number of nitrogens with one attached hydrogen (secondary N) is 1. The zero-order valence-electron chi connectivity index (χ0n) is 19.6. The normalized spacial score (nSPS) is 14.8. The first-order valence-electron chi connectivity index (χ1n) is 11.2. The van der Waals surface area contributed by atoms with Crippen LogP contribution in [0.5, 0.6) is 0 Å². The first-order valence-corrected chi connectivity index (χ1v) is 11.2. The van der Waals surface area contributed by atoms with Crippen LogP contribution in [0.2, 0.25) is 0 Å². The Hall–Kier alpha value is -3.38. The van der Waals surface area contributed by atoms with Gasteiger partial charge in [0.05, 0.1) is 16.7 Å². The van der Waals surface area contributed by atoms with Gasteiger partial charge < -0.3 is 15.1 Å². The van der Waals surface area contributed by atoms with Gasteiger partial charge in [0.25, 0.3) is 11.8 Å². The Morgan fingerprint density at radius 1 is 0.944 bits per heavy atom. The molecule has 196 valence electrons. The standard InChI is InChI=1S/C23H25F6N5O2/c1-14(2)7-8-30-20(35)19-17(23(27,28)29)13-18(31-32-19)33-9-11-34(12-10-33)21(36)15-5-3-4-6-16(15)22(24,25)26/h3-6,13-14H,7-12H2,1-2H3,(H,30,35). The van der Waals surface area contributed by atoms with Gasteiger partial charge in [0, 0.05) is 32.7 Å². The van der Waals surface area contributed by atoms with Crippen LogP contribution in [0.1, 0.15) is 52.2 Å². The number of amides is 2. The predicted molar refractivity (Wildman–Crippen MR) is 118 cm³/mol. The van der Waals surface area contributed by atoms with Gasteiger partial charge in [-0.1, -0.05) is 26.0 Å². The van der Waals surface area contributed by atoms with E-state index in [1.54, 1.807) is 0 Å². The van der Waals surface area contributed by atoms with Crippen LogP contribution in [0.4, 0.5) is 32.2 Å². The second-order valence-electron chi connectivity index (χ2n) is 8.72. The summed E-state index contributed by atoms with van der Waals surface area (Å²) in [6, 6.07) is 5.14. The van der Waals surface area contributed by atoms with Gasteiger partial charge in [-0.2, -0.15) is 26.3 Å². The Bertz CT molecular complexity index is 1100. The molecular formula is C23H25F6N5O2. The summed E-state index contributed by atoms with van der Waals surface area (Å²) >= 11 is 0. The smallest absolute Gasteiger partial charge is 0.352 e. The lowest BCUT2D eigenvalue weighted by Gasteiger charge is -2.35. The quantitative estimate of drug-likeness (QED) is 0.580. The fourth-order valence-corrected chi connectivity index (χ4v) is 3.70. The number of aromatic nitrogens is 2. The predicted octanol–water partition coefficient (Wildman–Crippen LogP) is 4.25. The van der Waals surface area contributed by atoms with Crippen molar-refractivity contribution in [2.45, 2.75) is 32.6 Å². The van der Waals surface area contributed by atoms with Crippen LogP contribution in [0.25, 0.3) is 0 Å². The average molecular weight is 517 g/mol. The summed E-state index contributed by atoms with van der Waals surface area (Å²) < 4.78 is 80.9. The lowest BCUT2D eigenvalue weighted by molar-refractivity contribution is -0.139. The minimum Gasteiger partial charge on any atom is -0.352 e. The SMILES string of the molecule is CC(C)CCNC(=O)c1nnc(N2CCN(C(=O)c3ccccc3C(F)(F)F)CC2)cc1C(F)(F)F. The Morgan fingerprint density at radius 3 is 2.14 bits per heavy atom. The molecule has 7 nitrogen and oxygen atoms in total. The molecule has 0 aliphatic carbocycles. The zero-order chi connectivity index (χ0) is 26.7. The van der Waals surface area contributed by atoms with Gasteiger partial charge >= 0.3 is 12.4 Å². The number of hydrogen-bond acceptors (Lipinski definition) is 5. The van der Waals surface area contributed by atoms with Gasteiger partial charge in [-0.3, -0.25) is 9.59 Å². The highest BCUT2D eigenvalue weighted by Gasteiger charge is 2.39. The maximum atomic E-state index is 13.7. The van der Waals surface area contributed by atoms with Crippen molar-refractivity contribution in [1.82, 2.24) is 20.4 Å². The molecule has 1 aromatic carbocycles. The topological polar surface area (TPSA) is 78.4 Å². The number of nitrogens with zero attached hydrogens (tertiary/aromatic N) is 4. The highest BCUT2D eigenvalue weighted by Crippen LogP contribution is 2.34. The van der Waals surface area contributed by atoms with Gasteiger partial charge in [0.1, 0.15) is 0 Å². The Morgan fingerprint density at radius 2 is 1.56 bits per heavy atom. The molecule has 1 aliphatic rings. The summed E-state index contributed by atoms with van der Waals surface area (Å²) in [6.07, 6.45) is -9.00. The van der Waals surface area contributed by atoms with E-state index >= 15 is 0 Å². The minimum atomic E-state index is -4.87. The molecule has 2 amide bonds. The summed E-state index contributed by atoms with van der Waals surface area (Å²) in [5.41, 5.74) is -3.63. The summed E-state index contributed by atoms with van der Waals surface area (Å²) in [5, 5.41) is 9.72. The van der Waals surface area contributed by atoms with Gasteiger partial charge in [0.2, 0.25) is 0 Å². The van der Waals surface area contributed by atoms with Gasteiger partial charge in [-0.15, -0.1) is 10.2 Å². The van der Waals surface area contributed by atoms with E-state index in [4.69, 9.17) is 0 Å². The molecule has 0 atom stereocenters. The molecule has 2 aromatic rings. The fraction of sp³-hybridized carbons (Fsp3) is 0.478. The van der Waals surface area contributed by atoms with Crippen LogP contribution in [-0.2, 0) is 12.4 Å². The maximum absolute atomic E-state index is 13.7. The number of benzene rings is 1. The molecule has 0 radical (unpaired) electrons. The molecule has 13 heteroatoms. The van der Waals surface area contributed by atoms with Crippen LogP contribution < -0.4 is 10.2 Å². The van der Waals surface area contributed by atoms with E-state index in [0.29, 0.717) is 6.42 Å². The molecule has 36 heavy (non-hydrogen) atoms. The third-order valence-electron chi connectivity index (χ3n) is 5.66. The van der Waals surface area contributed by atoms with Gasteiger partial charge in [-0.05, 0) is 30.5 Å². The molecular weight excluding hydrogens is 492 g/mol. The van der Waals surface area contributed by atoms with Crippen LogP contribution >= 0.6 is 0 Å². The highest BCUT2D eigenvalue weighted by molar-refractivity contribution is 5.96. The van der Waals surface area contributed by atoms with Crippen molar-refractivity contribution in [3.05, 3.63) is 52.7 Å². The van der Waals surface area contributed by atoms with Gasteiger partial charge in [0.15, 0.2) is 11.5 Å². The van der Waals surface area contributed by atoms with Crippen LogP contribution in [0.3, 0.4) is 0 Å². The Balaban J connectivity index is 1.74. The second-order valence-corrected chi connectivity index (χ2v) is 8.72. The number of anilines is 1. The number of carbonyl (C=O) groups excluding carboxylic acids is 2. The molecule has 0 unspecified atom stereocenters. The lowest BCUT2D eigenvalue weighted by Crippen LogP contribution is -2.49. The monoisotopic (exact) mass is 517 g/mol. The van der Waals surface area contributed by atoms with E-state index in [1.165, 1.54) is 21.9 Å². The number of carbonyl (C=O) groups is 2. The van der Waals surface area contributed by atoms with Crippen molar-refractivity contribution in [1.29, 1.82) is 0 Å². The molecule has 1 aromatic heterocycles. The number of halogens is 6. The highest BCUT2D eigenvalue weighted by atomic mass is 19.4. The first kappa shape index (κ1) is 27.2. The largest absolute Gasteiger partial charge is 0.418 e. The van der Waals surface area contributed by atoms with Crippen LogP contribution in [0.15, 0.2) is 30.3 Å². The Kier molecular flexibility index (Phi) is 8.09. The average Bonchev–Trinajstić information content (AvgIpc) is 2.82. The minimum absolute atomic E-state index is 0.0197. The Labute approximate surface area is 203 Å². The van der Waals surface area contributed by atoms with Crippen molar-refractivity contribution in [3.63, 3.8) is 0 Å². The summed E-state index contributed by atoms with van der Waals surface area (Å²) in [6.45, 7) is 3.97. The summed E-state index contributed by atoms with van der Waals surface area (Å²) in [4.78, 5) is 27.6. The number of hydrogen-bond donors (Lipinski definition) is 1. The van der Waals surface area contributed by atoms with Gasteiger partial charge in [-0.25, -0.2) is 0 Å². The maximum Gasteiger partial charge on any atom is 0.418 e. The molecule has 1 aliphatic heterocycles. The van der Waals surface area contributed by atoms with E-state index in [1.807, 2.05) is 13.8 Å². The molecule has 0 spiro atoms. The van der Waals surface area contributed by atoms with Crippen molar-refractivity contribution >= 4 is 17.6 Å². The molecule has 1 saturated heterocycles. The summed E-state index contributed by atoms with van der Waals surface area (Å²) in [5.74, 6) is -1.71. The van der Waals surface area contributed by atoms with Crippen LogP contribution in [0, 0.1) is 5.92 Å². The molecule has 2 heterocycles. The van der Waals surface area contributed by atoms with Crippen LogP contribution in [-0.4, -0.2) is 59.6 Å². The number of piperazine rings is 1. The molecule has 1 N–H and O–H groups in total. The fourth-order valence-electron chi connectivity index (χ4n) is 3.70. The summed E-state index contributed by atoms with van der Waals surface area (Å²) in [7, 11) is 0. The van der Waals surface area contributed by atoms with E-state index in [9.17, 15) is 35.9 Å². The van der Waals surface area contributed by atoms with Crippen molar-refractivity contribution < 1.29 is 35.9 Å². The molecule has 3 rings (SSSR count). The third-order valence-corrected chi connectivity index (χ3v) is 5.66. The van der Waals surface area contributed by atoms with Crippen molar-refractivity contribution in [3.8, 4) is 0 Å². The van der Waals surface area contributed by atoms with E-state index < -0.39 is 46.6 Å². The zero-order valence-corrected chi connectivity index (χ0v) is 19.6. The van der Waals surface area contributed by atoms with E-state index in [2.05, 4.69) is 15.5 Å². The molecule has 0 bridgehead atoms. The van der Waals surface area contributed by atoms with E-state index in [0.717, 1.165) is 18.2 Å². The molecule has 0 saturated carbocycles.